The maximum Gasteiger partial charge on any atom is 0.142 e. The van der Waals surface area contributed by atoms with Crippen LogP contribution < -0.4 is 16.2 Å². The quantitative estimate of drug-likeness (QED) is 0.721. The highest BCUT2D eigenvalue weighted by Gasteiger charge is 2.14. The highest BCUT2D eigenvalue weighted by atomic mass is 16.5. The summed E-state index contributed by atoms with van der Waals surface area (Å²) < 4.78 is 5.26. The Balaban J connectivity index is 2.20. The number of ether oxygens (including phenoxy) is 1. The van der Waals surface area contributed by atoms with Crippen LogP contribution in [0, 0.1) is 11.3 Å². The van der Waals surface area contributed by atoms with Crippen molar-refractivity contribution in [2.75, 3.05) is 18.6 Å². The van der Waals surface area contributed by atoms with Gasteiger partial charge in [0, 0.05) is 16.8 Å². The summed E-state index contributed by atoms with van der Waals surface area (Å²) >= 11 is 0. The second-order valence-electron chi connectivity index (χ2n) is 5.28. The van der Waals surface area contributed by atoms with Crippen LogP contribution in [0.1, 0.15) is 5.56 Å². The molecular weight excluding hydrogens is 300 g/mol. The van der Waals surface area contributed by atoms with Gasteiger partial charge in [0.15, 0.2) is 0 Å². The molecule has 5 nitrogen and oxygen atoms in total. The Morgan fingerprint density at radius 2 is 1.75 bits per heavy atom. The van der Waals surface area contributed by atoms with Gasteiger partial charge in [0.1, 0.15) is 23.2 Å². The van der Waals surface area contributed by atoms with Crippen LogP contribution in [0.15, 0.2) is 54.6 Å². The first-order valence-corrected chi connectivity index (χ1v) is 7.33. The van der Waals surface area contributed by atoms with Crippen molar-refractivity contribution in [3.8, 4) is 34.2 Å². The largest absolute Gasteiger partial charge is 0.497 e. The third-order valence-electron chi connectivity index (χ3n) is 3.75. The van der Waals surface area contributed by atoms with Gasteiger partial charge < -0.3 is 16.2 Å². The summed E-state index contributed by atoms with van der Waals surface area (Å²) in [6, 6.07) is 18.8. The highest BCUT2D eigenvalue weighted by molar-refractivity contribution is 5.80. The summed E-state index contributed by atoms with van der Waals surface area (Å²) in [4.78, 5) is 4.36. The van der Waals surface area contributed by atoms with E-state index in [1.165, 1.54) is 0 Å². The number of nitrogens with zero attached hydrogens (tertiary/aromatic N) is 2. The third kappa shape index (κ3) is 2.85. The molecule has 0 amide bonds. The van der Waals surface area contributed by atoms with Crippen molar-refractivity contribution in [1.29, 1.82) is 5.26 Å². The minimum absolute atomic E-state index is 0.199. The zero-order valence-corrected chi connectivity index (χ0v) is 13.2. The molecule has 3 rings (SSSR count). The zero-order valence-electron chi connectivity index (χ0n) is 13.2. The van der Waals surface area contributed by atoms with Crippen molar-refractivity contribution in [2.24, 2.45) is 0 Å². The molecule has 0 radical (unpaired) electrons. The number of methoxy groups -OCH3 is 1. The van der Waals surface area contributed by atoms with Gasteiger partial charge in [-0.05, 0) is 35.9 Å². The first-order chi connectivity index (χ1) is 11.6. The lowest BCUT2D eigenvalue weighted by atomic mass is 9.98. The second-order valence-corrected chi connectivity index (χ2v) is 5.28. The molecule has 0 bridgehead atoms. The maximum atomic E-state index is 9.47. The van der Waals surface area contributed by atoms with Crippen molar-refractivity contribution in [3.63, 3.8) is 0 Å². The Morgan fingerprint density at radius 1 is 1.00 bits per heavy atom. The molecule has 0 spiro atoms. The SMILES string of the molecule is COc1cccc(-c2cc(-c3ccc(N)cc3)nc(N)c2C#N)c1. The van der Waals surface area contributed by atoms with Gasteiger partial charge in [-0.15, -0.1) is 0 Å². The molecule has 1 aromatic heterocycles. The molecular formula is C19H16N4O. The van der Waals surface area contributed by atoms with Gasteiger partial charge in [0.2, 0.25) is 0 Å². The molecule has 1 heterocycles. The Labute approximate surface area is 140 Å². The van der Waals surface area contributed by atoms with Crippen LogP contribution >= 0.6 is 0 Å². The average molecular weight is 316 g/mol. The lowest BCUT2D eigenvalue weighted by molar-refractivity contribution is 0.415. The number of aromatic nitrogens is 1. The summed E-state index contributed by atoms with van der Waals surface area (Å²) in [7, 11) is 1.60. The Kier molecular flexibility index (Phi) is 4.04. The van der Waals surface area contributed by atoms with Crippen LogP contribution in [0.2, 0.25) is 0 Å². The Bertz CT molecular complexity index is 927. The fourth-order valence-corrected chi connectivity index (χ4v) is 2.50. The van der Waals surface area contributed by atoms with Crippen LogP contribution in [0.4, 0.5) is 11.5 Å². The van der Waals surface area contributed by atoms with E-state index in [2.05, 4.69) is 11.1 Å². The number of hydrogen-bond acceptors (Lipinski definition) is 5. The summed E-state index contributed by atoms with van der Waals surface area (Å²) in [6.07, 6.45) is 0. The standard InChI is InChI=1S/C19H16N4O/c1-24-15-4-2-3-13(9-15)16-10-18(23-19(22)17(16)11-20)12-5-7-14(21)8-6-12/h2-10H,21H2,1H3,(H2,22,23). The first-order valence-electron chi connectivity index (χ1n) is 7.33. The van der Waals surface area contributed by atoms with Gasteiger partial charge in [-0.2, -0.15) is 5.26 Å². The molecule has 118 valence electrons. The van der Waals surface area contributed by atoms with Crippen molar-refractivity contribution < 1.29 is 4.74 Å². The van der Waals surface area contributed by atoms with Gasteiger partial charge >= 0.3 is 0 Å². The molecule has 0 aliphatic heterocycles. The first kappa shape index (κ1) is 15.4. The van der Waals surface area contributed by atoms with Gasteiger partial charge in [-0.1, -0.05) is 24.3 Å². The van der Waals surface area contributed by atoms with Crippen molar-refractivity contribution >= 4 is 11.5 Å². The number of hydrogen-bond donors (Lipinski definition) is 2. The van der Waals surface area contributed by atoms with Gasteiger partial charge in [0.25, 0.3) is 0 Å². The predicted octanol–water partition coefficient (Wildman–Crippen LogP) is 3.46. The number of nitriles is 1. The number of pyridine rings is 1. The topological polar surface area (TPSA) is 97.9 Å². The number of anilines is 2. The molecule has 0 atom stereocenters. The van der Waals surface area contributed by atoms with E-state index in [0.29, 0.717) is 22.7 Å². The van der Waals surface area contributed by atoms with Crippen molar-refractivity contribution in [2.45, 2.75) is 0 Å². The molecule has 3 aromatic rings. The molecule has 2 aromatic carbocycles. The maximum absolute atomic E-state index is 9.47. The minimum atomic E-state index is 0.199. The number of nitrogens with two attached hydrogens (primary N) is 2. The van der Waals surface area contributed by atoms with Crippen molar-refractivity contribution in [3.05, 3.63) is 60.2 Å². The Hall–Kier alpha value is -3.52. The molecule has 5 heteroatoms. The van der Waals surface area contributed by atoms with E-state index < -0.39 is 0 Å². The van der Waals surface area contributed by atoms with E-state index in [0.717, 1.165) is 16.7 Å². The number of nitrogen functional groups attached to an aromatic ring is 2. The minimum Gasteiger partial charge on any atom is -0.497 e. The normalized spacial score (nSPS) is 10.2. The van der Waals surface area contributed by atoms with Crippen LogP contribution in [0.25, 0.3) is 22.4 Å². The molecule has 24 heavy (non-hydrogen) atoms. The van der Waals surface area contributed by atoms with E-state index in [1.54, 1.807) is 19.2 Å². The zero-order chi connectivity index (χ0) is 17.1. The average Bonchev–Trinajstić information content (AvgIpc) is 2.61. The van der Waals surface area contributed by atoms with Crippen LogP contribution in [0.5, 0.6) is 5.75 Å². The van der Waals surface area contributed by atoms with E-state index >= 15 is 0 Å². The van der Waals surface area contributed by atoms with E-state index in [-0.39, 0.29) is 5.82 Å². The van der Waals surface area contributed by atoms with E-state index in [1.807, 2.05) is 42.5 Å². The number of rotatable bonds is 3. The van der Waals surface area contributed by atoms with Crippen LogP contribution in [0.3, 0.4) is 0 Å². The molecule has 0 fully saturated rings. The van der Waals surface area contributed by atoms with Crippen LogP contribution in [-0.4, -0.2) is 12.1 Å². The van der Waals surface area contributed by atoms with Gasteiger partial charge in [-0.3, -0.25) is 0 Å². The lowest BCUT2D eigenvalue weighted by Gasteiger charge is -2.11. The molecule has 0 aliphatic rings. The van der Waals surface area contributed by atoms with Crippen LogP contribution in [-0.2, 0) is 0 Å². The second kappa shape index (κ2) is 6.31. The molecule has 0 unspecified atom stereocenters. The lowest BCUT2D eigenvalue weighted by Crippen LogP contribution is -2.00. The van der Waals surface area contributed by atoms with E-state index in [9.17, 15) is 5.26 Å². The number of benzene rings is 2. The molecule has 4 N–H and O–H groups in total. The Morgan fingerprint density at radius 3 is 2.42 bits per heavy atom. The fourth-order valence-electron chi connectivity index (χ4n) is 2.50. The summed E-state index contributed by atoms with van der Waals surface area (Å²) in [5.41, 5.74) is 15.9. The van der Waals surface area contributed by atoms with Gasteiger partial charge in [-0.25, -0.2) is 4.98 Å². The van der Waals surface area contributed by atoms with E-state index in [4.69, 9.17) is 16.2 Å². The molecule has 0 saturated heterocycles. The fraction of sp³-hybridized carbons (Fsp3) is 0.0526. The molecule has 0 aliphatic carbocycles. The summed E-state index contributed by atoms with van der Waals surface area (Å²) in [6.45, 7) is 0. The predicted molar refractivity (Wildman–Crippen MR) is 95.2 cm³/mol. The van der Waals surface area contributed by atoms with Gasteiger partial charge in [0.05, 0.1) is 12.8 Å². The van der Waals surface area contributed by atoms with Crippen molar-refractivity contribution in [1.82, 2.24) is 4.98 Å². The summed E-state index contributed by atoms with van der Waals surface area (Å²) in [5, 5.41) is 9.47. The molecule has 0 saturated carbocycles. The smallest absolute Gasteiger partial charge is 0.142 e. The third-order valence-corrected chi connectivity index (χ3v) is 3.75. The monoisotopic (exact) mass is 316 g/mol. The summed E-state index contributed by atoms with van der Waals surface area (Å²) in [5.74, 6) is 0.908. The highest BCUT2D eigenvalue weighted by Crippen LogP contribution is 2.32.